The van der Waals surface area contributed by atoms with E-state index in [2.05, 4.69) is 10.3 Å². The average Bonchev–Trinajstić information content (AvgIpc) is 3.24. The lowest BCUT2D eigenvalue weighted by molar-refractivity contribution is -0.141. The zero-order valence-electron chi connectivity index (χ0n) is 13.8. The second-order valence-corrected chi connectivity index (χ2v) is 6.81. The highest BCUT2D eigenvalue weighted by atomic mass is 19.4. The van der Waals surface area contributed by atoms with Gasteiger partial charge in [-0.05, 0) is 29.7 Å². The van der Waals surface area contributed by atoms with Crippen molar-refractivity contribution in [1.29, 1.82) is 0 Å². The molecule has 2 fully saturated rings. The molecule has 1 aromatic carbocycles. The van der Waals surface area contributed by atoms with Crippen LogP contribution in [0.4, 0.5) is 13.2 Å². The average molecular weight is 362 g/mol. The number of aromatic nitrogens is 1. The van der Waals surface area contributed by atoms with Crippen LogP contribution in [0.1, 0.15) is 33.6 Å². The lowest BCUT2D eigenvalue weighted by Gasteiger charge is -2.27. The van der Waals surface area contributed by atoms with Crippen LogP contribution in [0.5, 0.6) is 0 Å². The van der Waals surface area contributed by atoms with Crippen LogP contribution in [-0.4, -0.2) is 30.0 Å². The summed E-state index contributed by atoms with van der Waals surface area (Å²) in [5.41, 5.74) is 0.474. The molecule has 1 aromatic heterocycles. The van der Waals surface area contributed by atoms with Gasteiger partial charge < -0.3 is 10.1 Å². The number of alkyl halides is 3. The van der Waals surface area contributed by atoms with Crippen molar-refractivity contribution >= 4 is 5.78 Å². The number of morpholine rings is 1. The Morgan fingerprint density at radius 3 is 2.62 bits per heavy atom. The number of Topliss-reactive ketones (excluding diaryl/α,β-unsaturated/α-hetero) is 1. The fourth-order valence-electron chi connectivity index (χ4n) is 3.62. The minimum Gasteiger partial charge on any atom is -0.367 e. The van der Waals surface area contributed by atoms with Gasteiger partial charge in [0.15, 0.2) is 5.78 Å². The molecule has 3 heterocycles. The summed E-state index contributed by atoms with van der Waals surface area (Å²) in [5.74, 6) is -0.372. The fourth-order valence-corrected chi connectivity index (χ4v) is 3.62. The summed E-state index contributed by atoms with van der Waals surface area (Å²) in [6.07, 6.45) is -2.58. The predicted octanol–water partition coefficient (Wildman–Crippen LogP) is 3.11. The van der Waals surface area contributed by atoms with Gasteiger partial charge in [-0.2, -0.15) is 13.2 Å². The third-order valence-electron chi connectivity index (χ3n) is 5.03. The Morgan fingerprint density at radius 2 is 2.04 bits per heavy atom. The summed E-state index contributed by atoms with van der Waals surface area (Å²) < 4.78 is 44.1. The summed E-state index contributed by atoms with van der Waals surface area (Å²) in [6, 6.07) is 10.0. The van der Waals surface area contributed by atoms with Crippen molar-refractivity contribution in [3.63, 3.8) is 0 Å². The predicted molar refractivity (Wildman–Crippen MR) is 87.8 cm³/mol. The van der Waals surface area contributed by atoms with Crippen molar-refractivity contribution in [1.82, 2.24) is 10.3 Å². The van der Waals surface area contributed by atoms with E-state index in [0.29, 0.717) is 12.6 Å². The molecule has 1 N–H and O–H groups in total. The van der Waals surface area contributed by atoms with Crippen molar-refractivity contribution < 1.29 is 22.7 Å². The summed E-state index contributed by atoms with van der Waals surface area (Å²) in [5, 5.41) is 3.40. The Bertz CT molecular complexity index is 825. The number of nitrogens with zero attached hydrogens (tertiary/aromatic N) is 1. The van der Waals surface area contributed by atoms with Crippen LogP contribution in [0.3, 0.4) is 0 Å². The van der Waals surface area contributed by atoms with E-state index < -0.39 is 11.9 Å². The first-order chi connectivity index (χ1) is 12.4. The maximum Gasteiger partial charge on any atom is 0.433 e. The number of carbonyl (C=O) groups excluding carboxylic acids is 1. The summed E-state index contributed by atoms with van der Waals surface area (Å²) >= 11 is 0. The first kappa shape index (κ1) is 17.2. The van der Waals surface area contributed by atoms with Gasteiger partial charge in [-0.25, -0.2) is 0 Å². The highest BCUT2D eigenvalue weighted by Gasteiger charge is 2.47. The zero-order chi connectivity index (χ0) is 18.4. The summed E-state index contributed by atoms with van der Waals surface area (Å²) in [4.78, 5) is 15.6. The molecular weight excluding hydrogens is 345 g/mol. The number of hydrogen-bond donors (Lipinski definition) is 1. The van der Waals surface area contributed by atoms with E-state index in [9.17, 15) is 18.0 Å². The van der Waals surface area contributed by atoms with Crippen LogP contribution in [-0.2, 0) is 22.9 Å². The molecule has 2 aromatic rings. The van der Waals surface area contributed by atoms with Crippen LogP contribution < -0.4 is 5.32 Å². The van der Waals surface area contributed by atoms with Gasteiger partial charge in [-0.1, -0.05) is 24.3 Å². The normalized spacial score (nSPS) is 24.8. The van der Waals surface area contributed by atoms with E-state index in [-0.39, 0.29) is 23.4 Å². The van der Waals surface area contributed by atoms with E-state index in [1.165, 1.54) is 6.07 Å². The molecule has 0 aliphatic carbocycles. The first-order valence-electron chi connectivity index (χ1n) is 8.39. The van der Waals surface area contributed by atoms with Gasteiger partial charge >= 0.3 is 6.18 Å². The quantitative estimate of drug-likeness (QED) is 0.850. The Morgan fingerprint density at radius 1 is 1.27 bits per heavy atom. The van der Waals surface area contributed by atoms with E-state index in [1.54, 1.807) is 0 Å². The molecule has 2 aliphatic rings. The number of ketones is 1. The topological polar surface area (TPSA) is 51.2 Å². The van der Waals surface area contributed by atoms with Crippen LogP contribution in [0.15, 0.2) is 42.6 Å². The fraction of sp³-hybridized carbons (Fsp3) is 0.368. The molecule has 2 atom stereocenters. The Balaban J connectivity index is 1.48. The smallest absolute Gasteiger partial charge is 0.367 e. The molecule has 4 nitrogen and oxygen atoms in total. The second kappa shape index (κ2) is 6.17. The number of nitrogens with one attached hydrogen (secondary N) is 1. The van der Waals surface area contributed by atoms with Crippen LogP contribution in [0.25, 0.3) is 0 Å². The Hall–Kier alpha value is -2.25. The molecule has 0 unspecified atom stereocenters. The maximum absolute atomic E-state index is 12.7. The van der Waals surface area contributed by atoms with Crippen molar-refractivity contribution in [3.05, 3.63) is 65.0 Å². The third kappa shape index (κ3) is 3.12. The molecule has 0 radical (unpaired) electrons. The van der Waals surface area contributed by atoms with Crippen LogP contribution in [0, 0.1) is 0 Å². The van der Waals surface area contributed by atoms with E-state index in [1.807, 2.05) is 24.3 Å². The molecular formula is C19H17F3N2O2. The van der Waals surface area contributed by atoms with E-state index in [0.717, 1.165) is 36.4 Å². The lowest BCUT2D eigenvalue weighted by atomic mass is 9.91. The van der Waals surface area contributed by atoms with Crippen molar-refractivity contribution in [3.8, 4) is 0 Å². The molecule has 7 heteroatoms. The van der Waals surface area contributed by atoms with Gasteiger partial charge in [-0.3, -0.25) is 9.78 Å². The SMILES string of the molecule is O=C(Cc1ccc([C@]23CN[C@H](CO2)C3)cc1)c1ccnc(C(F)(F)F)c1. The minimum absolute atomic E-state index is 0.0111. The van der Waals surface area contributed by atoms with Crippen molar-refractivity contribution in [2.75, 3.05) is 13.2 Å². The molecule has 26 heavy (non-hydrogen) atoms. The minimum atomic E-state index is -4.56. The van der Waals surface area contributed by atoms with E-state index in [4.69, 9.17) is 4.74 Å². The molecule has 2 saturated heterocycles. The molecule has 2 aliphatic heterocycles. The van der Waals surface area contributed by atoms with E-state index >= 15 is 0 Å². The standard InChI is InChI=1S/C19H17F3N2O2/c20-19(21,22)17-8-13(5-6-23-17)16(25)7-12-1-3-14(4-2-12)18-9-15(10-26-18)24-11-18/h1-6,8,15,24H,7,9-11H2/t15-,18-/m0/s1. The van der Waals surface area contributed by atoms with Gasteiger partial charge in [0, 0.05) is 30.8 Å². The van der Waals surface area contributed by atoms with Crippen LogP contribution >= 0.6 is 0 Å². The van der Waals surface area contributed by atoms with Gasteiger partial charge in [0.1, 0.15) is 11.3 Å². The Kier molecular flexibility index (Phi) is 4.08. The largest absolute Gasteiger partial charge is 0.433 e. The number of pyridine rings is 1. The molecule has 2 bridgehead atoms. The van der Waals surface area contributed by atoms with Gasteiger partial charge in [0.2, 0.25) is 0 Å². The third-order valence-corrected chi connectivity index (χ3v) is 5.03. The zero-order valence-corrected chi connectivity index (χ0v) is 13.8. The Labute approximate surface area is 148 Å². The number of rotatable bonds is 4. The summed E-state index contributed by atoms with van der Waals surface area (Å²) in [6.45, 7) is 1.47. The number of ether oxygens (including phenoxy) is 1. The number of carbonyl (C=O) groups is 1. The van der Waals surface area contributed by atoms with Gasteiger partial charge in [-0.15, -0.1) is 0 Å². The second-order valence-electron chi connectivity index (χ2n) is 6.81. The molecule has 0 spiro atoms. The maximum atomic E-state index is 12.7. The molecule has 4 rings (SSSR count). The van der Waals surface area contributed by atoms with Crippen molar-refractivity contribution in [2.24, 2.45) is 0 Å². The lowest BCUT2D eigenvalue weighted by Crippen LogP contribution is -2.37. The highest BCUT2D eigenvalue weighted by Crippen LogP contribution is 2.40. The number of fused-ring (bicyclic) bond motifs is 2. The number of hydrogen-bond acceptors (Lipinski definition) is 4. The highest BCUT2D eigenvalue weighted by molar-refractivity contribution is 5.97. The number of benzene rings is 1. The first-order valence-corrected chi connectivity index (χ1v) is 8.39. The molecule has 0 amide bonds. The van der Waals surface area contributed by atoms with Crippen LogP contribution in [0.2, 0.25) is 0 Å². The number of halogens is 3. The molecule has 0 saturated carbocycles. The van der Waals surface area contributed by atoms with Gasteiger partial charge in [0.05, 0.1) is 6.61 Å². The monoisotopic (exact) mass is 362 g/mol. The summed E-state index contributed by atoms with van der Waals surface area (Å²) in [7, 11) is 0. The van der Waals surface area contributed by atoms with Gasteiger partial charge in [0.25, 0.3) is 0 Å². The van der Waals surface area contributed by atoms with Crippen molar-refractivity contribution in [2.45, 2.75) is 30.7 Å². The molecule has 136 valence electrons.